The highest BCUT2D eigenvalue weighted by Crippen LogP contribution is 2.27. The molecular weight excluding hydrogens is 486 g/mol. The summed E-state index contributed by atoms with van der Waals surface area (Å²) in [6.07, 6.45) is 12.9. The predicted molar refractivity (Wildman–Crippen MR) is 144 cm³/mol. The number of carbonyl (C=O) groups excluding carboxylic acids is 1. The van der Waals surface area contributed by atoms with Crippen LogP contribution in [0.4, 0.5) is 0 Å². The third-order valence-corrected chi connectivity index (χ3v) is 7.60. The van der Waals surface area contributed by atoms with Crippen LogP contribution in [0, 0.1) is 18.8 Å². The number of carbonyl (C=O) groups is 1. The van der Waals surface area contributed by atoms with Gasteiger partial charge in [0, 0.05) is 65.8 Å². The van der Waals surface area contributed by atoms with Crippen LogP contribution in [0.5, 0.6) is 0 Å². The van der Waals surface area contributed by atoms with Crippen LogP contribution in [0.3, 0.4) is 0 Å². The van der Waals surface area contributed by atoms with Crippen molar-refractivity contribution in [3.8, 4) is 0 Å². The number of amidine groups is 1. The quantitative estimate of drug-likeness (QED) is 0.521. The fraction of sp³-hybridized carbons (Fsp3) is 0.214. The van der Waals surface area contributed by atoms with Crippen LogP contribution < -0.4 is 11.1 Å². The van der Waals surface area contributed by atoms with Gasteiger partial charge in [0.25, 0.3) is 5.91 Å². The Hall–Kier alpha value is -4.11. The molecule has 5 rings (SSSR count). The van der Waals surface area contributed by atoms with Crippen molar-refractivity contribution in [3.63, 3.8) is 0 Å². The lowest BCUT2D eigenvalue weighted by Crippen LogP contribution is -2.32. The molecular formula is C28H27N5O3S. The van der Waals surface area contributed by atoms with E-state index >= 15 is 0 Å². The Morgan fingerprint density at radius 2 is 1.97 bits per heavy atom. The first-order chi connectivity index (χ1) is 17.7. The fourth-order valence-electron chi connectivity index (χ4n) is 4.62. The first kappa shape index (κ1) is 24.6. The monoisotopic (exact) mass is 513 g/mol. The molecule has 0 bridgehead atoms. The molecule has 1 amide bonds. The van der Waals surface area contributed by atoms with Crippen LogP contribution in [0.2, 0.25) is 0 Å². The molecule has 2 unspecified atom stereocenters. The number of aryl methyl sites for hydroxylation is 1. The number of benzene rings is 1. The summed E-state index contributed by atoms with van der Waals surface area (Å²) < 4.78 is 24.9. The lowest BCUT2D eigenvalue weighted by Gasteiger charge is -2.25. The number of allylic oxidation sites excluding steroid dienone is 2. The molecule has 1 aliphatic carbocycles. The molecule has 8 nitrogen and oxygen atoms in total. The molecule has 3 aromatic rings. The summed E-state index contributed by atoms with van der Waals surface area (Å²) in [5.74, 6) is 0.578. The second-order valence-corrected chi connectivity index (χ2v) is 11.4. The Kier molecular flexibility index (Phi) is 6.47. The number of aliphatic imine (C=N–C) groups is 1. The van der Waals surface area contributed by atoms with Gasteiger partial charge in [-0.3, -0.25) is 14.8 Å². The van der Waals surface area contributed by atoms with E-state index in [0.717, 1.165) is 22.2 Å². The molecule has 1 aliphatic heterocycles. The number of pyridine rings is 2. The number of nitrogens with one attached hydrogen (secondary N) is 1. The van der Waals surface area contributed by atoms with Gasteiger partial charge < -0.3 is 11.1 Å². The normalized spacial score (nSPS) is 18.8. The van der Waals surface area contributed by atoms with Gasteiger partial charge in [-0.25, -0.2) is 13.4 Å². The molecule has 2 aliphatic rings. The van der Waals surface area contributed by atoms with Crippen molar-refractivity contribution in [1.29, 1.82) is 0 Å². The van der Waals surface area contributed by atoms with E-state index in [-0.39, 0.29) is 22.6 Å². The molecule has 2 aromatic heterocycles. The Labute approximate surface area is 215 Å². The van der Waals surface area contributed by atoms with Gasteiger partial charge in [0.15, 0.2) is 9.84 Å². The summed E-state index contributed by atoms with van der Waals surface area (Å²) in [4.78, 5) is 26.1. The van der Waals surface area contributed by atoms with Crippen LogP contribution in [-0.2, 0) is 16.3 Å². The summed E-state index contributed by atoms with van der Waals surface area (Å²) in [5, 5.41) is 3.71. The molecule has 0 spiro atoms. The highest BCUT2D eigenvalue weighted by atomic mass is 32.2. The van der Waals surface area contributed by atoms with Gasteiger partial charge in [0.05, 0.1) is 10.4 Å². The molecule has 37 heavy (non-hydrogen) atoms. The minimum Gasteiger partial charge on any atom is -0.387 e. The van der Waals surface area contributed by atoms with Gasteiger partial charge in [-0.2, -0.15) is 0 Å². The third-order valence-electron chi connectivity index (χ3n) is 6.49. The molecule has 188 valence electrons. The van der Waals surface area contributed by atoms with Crippen LogP contribution in [0.1, 0.15) is 27.3 Å². The summed E-state index contributed by atoms with van der Waals surface area (Å²) >= 11 is 0. The van der Waals surface area contributed by atoms with E-state index in [0.29, 0.717) is 35.6 Å². The molecule has 0 saturated carbocycles. The summed E-state index contributed by atoms with van der Waals surface area (Å²) in [6.45, 7) is 2.21. The average Bonchev–Trinajstić information content (AvgIpc) is 2.86. The fourth-order valence-corrected chi connectivity index (χ4v) is 5.50. The van der Waals surface area contributed by atoms with Gasteiger partial charge in [-0.15, -0.1) is 0 Å². The Balaban J connectivity index is 1.32. The maximum absolute atomic E-state index is 12.9. The van der Waals surface area contributed by atoms with E-state index in [4.69, 9.17) is 5.73 Å². The number of fused-ring (bicyclic) bond motifs is 2. The molecule has 0 radical (unpaired) electrons. The maximum atomic E-state index is 12.9. The SMILES string of the molecule is Cc1ccc2cc(Cc3cc(C(=O)NCC4=CC5C=CN=C(N)C5C=C4)ccn3)cc(S(C)(=O)=O)c2n1. The van der Waals surface area contributed by atoms with Gasteiger partial charge >= 0.3 is 0 Å². The van der Waals surface area contributed by atoms with Crippen molar-refractivity contribution >= 4 is 32.5 Å². The van der Waals surface area contributed by atoms with Crippen LogP contribution in [0.15, 0.2) is 88.6 Å². The lowest BCUT2D eigenvalue weighted by atomic mass is 9.84. The lowest BCUT2D eigenvalue weighted by molar-refractivity contribution is 0.0957. The average molecular weight is 514 g/mol. The van der Waals surface area contributed by atoms with E-state index in [9.17, 15) is 13.2 Å². The molecule has 3 heterocycles. The maximum Gasteiger partial charge on any atom is 0.251 e. The van der Waals surface area contributed by atoms with Gasteiger partial charge in [0.1, 0.15) is 5.84 Å². The van der Waals surface area contributed by atoms with Crippen molar-refractivity contribution in [3.05, 3.63) is 101 Å². The van der Waals surface area contributed by atoms with Crippen molar-refractivity contribution in [2.24, 2.45) is 22.6 Å². The zero-order chi connectivity index (χ0) is 26.2. The second-order valence-electron chi connectivity index (χ2n) is 9.39. The number of hydrogen-bond acceptors (Lipinski definition) is 7. The van der Waals surface area contributed by atoms with Gasteiger partial charge in [0.2, 0.25) is 0 Å². The molecule has 9 heteroatoms. The number of hydrogen-bond donors (Lipinski definition) is 2. The van der Waals surface area contributed by atoms with Crippen LogP contribution in [-0.4, -0.2) is 42.9 Å². The molecule has 0 fully saturated rings. The predicted octanol–water partition coefficient (Wildman–Crippen LogP) is 3.28. The van der Waals surface area contributed by atoms with E-state index in [1.165, 1.54) is 6.26 Å². The van der Waals surface area contributed by atoms with E-state index < -0.39 is 9.84 Å². The highest BCUT2D eigenvalue weighted by Gasteiger charge is 2.24. The number of sulfone groups is 1. The van der Waals surface area contributed by atoms with Crippen molar-refractivity contribution in [2.75, 3.05) is 12.8 Å². The van der Waals surface area contributed by atoms with E-state index in [1.54, 1.807) is 30.6 Å². The number of nitrogens with zero attached hydrogens (tertiary/aromatic N) is 3. The highest BCUT2D eigenvalue weighted by molar-refractivity contribution is 7.91. The molecule has 2 atom stereocenters. The molecule has 1 aromatic carbocycles. The standard InChI is InChI=1S/C28H27N5O3S/c1-17-3-5-21-12-19(14-25(26(21)33-17)37(2,35)36)13-23-15-22(8-9-30-23)28(34)32-16-18-4-6-24-20(11-18)7-10-31-27(24)29/h3-12,14-15,20,24H,13,16H2,1-2H3,(H2,29,31)(H,32,34). The summed E-state index contributed by atoms with van der Waals surface area (Å²) in [7, 11) is -3.49. The second kappa shape index (κ2) is 9.74. The van der Waals surface area contributed by atoms with Crippen molar-refractivity contribution < 1.29 is 13.2 Å². The molecule has 0 saturated heterocycles. The third kappa shape index (κ3) is 5.36. The Bertz CT molecular complexity index is 1640. The topological polar surface area (TPSA) is 127 Å². The zero-order valence-corrected chi connectivity index (χ0v) is 21.4. The first-order valence-electron chi connectivity index (χ1n) is 11.9. The van der Waals surface area contributed by atoms with E-state index in [2.05, 4.69) is 26.4 Å². The first-order valence-corrected chi connectivity index (χ1v) is 13.8. The smallest absolute Gasteiger partial charge is 0.251 e. The van der Waals surface area contributed by atoms with Crippen LogP contribution in [0.25, 0.3) is 10.9 Å². The Morgan fingerprint density at radius 3 is 2.78 bits per heavy atom. The Morgan fingerprint density at radius 1 is 1.14 bits per heavy atom. The minimum absolute atomic E-state index is 0.0605. The largest absolute Gasteiger partial charge is 0.387 e. The summed E-state index contributed by atoms with van der Waals surface area (Å²) in [5.41, 5.74) is 10.1. The molecule has 3 N–H and O–H groups in total. The summed E-state index contributed by atoms with van der Waals surface area (Å²) in [6, 6.07) is 10.7. The number of aromatic nitrogens is 2. The number of nitrogens with two attached hydrogens (primary N) is 1. The minimum atomic E-state index is -3.49. The van der Waals surface area contributed by atoms with Gasteiger partial charge in [-0.1, -0.05) is 30.4 Å². The van der Waals surface area contributed by atoms with E-state index in [1.807, 2.05) is 43.4 Å². The number of rotatable bonds is 6. The van der Waals surface area contributed by atoms with Gasteiger partial charge in [-0.05, 0) is 48.4 Å². The zero-order valence-electron chi connectivity index (χ0n) is 20.5. The van der Waals surface area contributed by atoms with Crippen molar-refractivity contribution in [1.82, 2.24) is 15.3 Å². The number of amides is 1. The van der Waals surface area contributed by atoms with Crippen LogP contribution >= 0.6 is 0 Å². The van der Waals surface area contributed by atoms with Crippen molar-refractivity contribution in [2.45, 2.75) is 18.2 Å².